The molecule has 0 radical (unpaired) electrons. The molecule has 1 fully saturated rings. The molecule has 1 aliphatic heterocycles. The van der Waals surface area contributed by atoms with Gasteiger partial charge < -0.3 is 109 Å². The maximum atomic E-state index is 15.3. The van der Waals surface area contributed by atoms with E-state index in [4.69, 9.17) is 45.9 Å². The van der Waals surface area contributed by atoms with E-state index in [1.54, 1.807) is 64.2 Å². The van der Waals surface area contributed by atoms with Gasteiger partial charge in [-0.05, 0) is 105 Å². The third-order valence-electron chi connectivity index (χ3n) is 17.8. The van der Waals surface area contributed by atoms with Crippen LogP contribution in [0.4, 0.5) is 0 Å². The van der Waals surface area contributed by atoms with Gasteiger partial charge in [-0.25, -0.2) is 4.79 Å². The van der Waals surface area contributed by atoms with Gasteiger partial charge in [0.05, 0.1) is 6.04 Å². The lowest BCUT2D eigenvalue weighted by Crippen LogP contribution is -2.62. The molecule has 0 saturated carbocycles. The first-order chi connectivity index (χ1) is 49.7. The molecule has 34 nitrogen and oxygen atoms in total. The van der Waals surface area contributed by atoms with Crippen LogP contribution in [0.2, 0.25) is 0 Å². The highest BCUT2D eigenvalue weighted by atomic mass is 16.4. The SMILES string of the molecule is CC[C@H](C)[C@H](NC(=O)[C@H](CCCN=C(N)N)NC(=O)[C@@H](NC(=O)[C@H](CCCN=C(N)N)NC(=O)[C@H](Cc1c[nH]c2ccccc12)NC(=O)[C@H](Cc1ccccc1)NC(=O)[C@H](Cc1ccccc1)NC(=O)[C@@H]1CCCN1)[C@@H](C)CC)C(=O)N[C@@H](CCCN=C(N)N)C(=O)N[C@@H](CCCN=C(N)N)C(=O)O. The number of aromatic nitrogens is 1. The average molecular weight is 1450 g/mol. The van der Waals surface area contributed by atoms with Crippen molar-refractivity contribution in [2.45, 2.75) is 184 Å². The summed E-state index contributed by atoms with van der Waals surface area (Å²) < 4.78 is 0. The van der Waals surface area contributed by atoms with E-state index in [9.17, 15) is 38.7 Å². The molecule has 0 spiro atoms. The van der Waals surface area contributed by atoms with Crippen LogP contribution in [-0.2, 0) is 67.2 Å². The number of fused-ring (bicyclic) bond motifs is 1. The lowest BCUT2D eigenvalue weighted by atomic mass is 9.95. The third kappa shape index (κ3) is 28.8. The van der Waals surface area contributed by atoms with Crippen LogP contribution in [0.25, 0.3) is 10.9 Å². The standard InChI is InChI=1S/C70H107N23O11/c1-5-40(3)55(64(101)86-48(27-16-32-80-67(71)72)58(95)88-51(66(103)104)30-19-35-83-70(77)78)93-60(97)50(29-18-34-82-69(75)76)87-65(102)56(41(4)6-2)92-59(96)49(28-17-33-81-68(73)74)85-63(100)54(38-44-39-84-46-25-14-13-24-45(44)46)91-62(99)53(37-43-22-11-8-12-23-43)90-61(98)52(36-42-20-9-7-10-21-42)89-57(94)47-26-15-31-79-47/h7-14,20-25,39-41,47-56,79,84H,5-6,15-19,26-38H2,1-4H3,(H,85,100)(H,86,101)(H,87,102)(H,88,95)(H,89,94)(H,90,98)(H,91,99)(H,92,96)(H,93,97)(H,103,104)(H4,71,72,80)(H4,73,74,81)(H4,75,76,82)(H4,77,78,83)/t40-,41-,47-,48-,49-,50-,51-,52-,53-,54-,55-,56-/m0/s1. The number of aromatic amines is 1. The number of carbonyl (C=O) groups is 10. The molecule has 2 heterocycles. The molecule has 34 heteroatoms. The molecule has 12 atom stereocenters. The number of rotatable bonds is 45. The predicted octanol–water partition coefficient (Wildman–Crippen LogP) is -2.30. The maximum Gasteiger partial charge on any atom is 0.326 e. The second-order valence-corrected chi connectivity index (χ2v) is 25.9. The summed E-state index contributed by atoms with van der Waals surface area (Å²) in [5.74, 6) is -10.4. The molecule has 104 heavy (non-hydrogen) atoms. The summed E-state index contributed by atoms with van der Waals surface area (Å²) in [4.78, 5) is 164. The number of nitrogens with zero attached hydrogens (tertiary/aromatic N) is 4. The Morgan fingerprint density at radius 3 is 1.18 bits per heavy atom. The average Bonchev–Trinajstić information content (AvgIpc) is 1.77. The summed E-state index contributed by atoms with van der Waals surface area (Å²) in [6.45, 7) is 7.64. The first-order valence-electron chi connectivity index (χ1n) is 35.2. The van der Waals surface area contributed by atoms with Crippen molar-refractivity contribution >= 4 is 93.9 Å². The van der Waals surface area contributed by atoms with Gasteiger partial charge >= 0.3 is 5.97 Å². The van der Waals surface area contributed by atoms with Crippen LogP contribution >= 0.6 is 0 Å². The topological polar surface area (TPSA) is 585 Å². The van der Waals surface area contributed by atoms with Crippen molar-refractivity contribution in [3.63, 3.8) is 0 Å². The van der Waals surface area contributed by atoms with Crippen molar-refractivity contribution in [1.82, 2.24) is 58.2 Å². The largest absolute Gasteiger partial charge is 0.480 e. The van der Waals surface area contributed by atoms with E-state index in [2.05, 4.69) is 78.1 Å². The zero-order chi connectivity index (χ0) is 76.3. The maximum absolute atomic E-state index is 15.3. The van der Waals surface area contributed by atoms with Crippen LogP contribution < -0.4 is 99.0 Å². The molecule has 28 N–H and O–H groups in total. The van der Waals surface area contributed by atoms with Gasteiger partial charge in [-0.1, -0.05) is 119 Å². The van der Waals surface area contributed by atoms with Crippen LogP contribution in [0.1, 0.15) is 121 Å². The molecule has 4 aromatic rings. The molecule has 5 rings (SSSR count). The summed E-state index contributed by atoms with van der Waals surface area (Å²) in [5, 5.41) is 39.0. The van der Waals surface area contributed by atoms with E-state index in [0.29, 0.717) is 36.9 Å². The van der Waals surface area contributed by atoms with E-state index >= 15 is 14.4 Å². The number of carboxylic acid groups (broad SMARTS) is 1. The Morgan fingerprint density at radius 2 is 0.788 bits per heavy atom. The molecule has 9 amide bonds. The highest BCUT2D eigenvalue weighted by molar-refractivity contribution is 5.99. The molecule has 1 saturated heterocycles. The first-order valence-corrected chi connectivity index (χ1v) is 35.2. The summed E-state index contributed by atoms with van der Waals surface area (Å²) in [6.07, 6.45) is 3.65. The number of aliphatic imine (C=N–C) groups is 4. The van der Waals surface area contributed by atoms with Crippen LogP contribution in [0.5, 0.6) is 0 Å². The molecular formula is C70H107N23O11. The van der Waals surface area contributed by atoms with Gasteiger partial charge in [0.1, 0.15) is 54.4 Å². The number of nitrogens with two attached hydrogens (primary N) is 8. The number of hydrogen-bond acceptors (Lipinski definition) is 15. The minimum atomic E-state index is -1.45. The number of guanidine groups is 4. The number of carbonyl (C=O) groups excluding carboxylic acids is 9. The molecule has 3 aromatic carbocycles. The Morgan fingerprint density at radius 1 is 0.442 bits per heavy atom. The van der Waals surface area contributed by atoms with Gasteiger partial charge in [0.25, 0.3) is 0 Å². The monoisotopic (exact) mass is 1450 g/mol. The lowest BCUT2D eigenvalue weighted by Gasteiger charge is -2.31. The summed E-state index contributed by atoms with van der Waals surface area (Å²) in [6, 6.07) is 12.4. The minimum absolute atomic E-state index is 0.00364. The Labute approximate surface area is 605 Å². The van der Waals surface area contributed by atoms with E-state index in [1.807, 2.05) is 54.6 Å². The number of carboxylic acids is 1. The number of nitrogens with one attached hydrogen (secondary N) is 11. The second-order valence-electron chi connectivity index (χ2n) is 25.9. The van der Waals surface area contributed by atoms with Gasteiger partial charge in [-0.3, -0.25) is 63.1 Å². The molecular weight excluding hydrogens is 1340 g/mol. The number of hydrogen-bond donors (Lipinski definition) is 20. The van der Waals surface area contributed by atoms with Gasteiger partial charge in [0.15, 0.2) is 23.8 Å². The number of H-pyrrole nitrogens is 1. The summed E-state index contributed by atoms with van der Waals surface area (Å²) >= 11 is 0. The van der Waals surface area contributed by atoms with E-state index in [1.165, 1.54) is 0 Å². The number of para-hydroxylation sites is 1. The Kier molecular flexibility index (Phi) is 35.1. The van der Waals surface area contributed by atoms with Crippen LogP contribution in [0, 0.1) is 11.8 Å². The quantitative estimate of drug-likeness (QED) is 0.0126. The van der Waals surface area contributed by atoms with Gasteiger partial charge in [0.2, 0.25) is 53.2 Å². The van der Waals surface area contributed by atoms with Gasteiger partial charge in [0, 0.05) is 62.5 Å². The van der Waals surface area contributed by atoms with Crippen LogP contribution in [-0.4, -0.2) is 186 Å². The van der Waals surface area contributed by atoms with Crippen LogP contribution in [0.15, 0.2) is 111 Å². The Hall–Kier alpha value is -11.1. The summed E-state index contributed by atoms with van der Waals surface area (Å²) in [5.41, 5.74) is 47.3. The Balaban J connectivity index is 1.47. The molecule has 0 unspecified atom stereocenters. The zero-order valence-electron chi connectivity index (χ0n) is 59.7. The smallest absolute Gasteiger partial charge is 0.326 e. The molecule has 0 bridgehead atoms. The molecule has 1 aromatic heterocycles. The van der Waals surface area contributed by atoms with Crippen molar-refractivity contribution in [2.75, 3.05) is 32.7 Å². The number of benzene rings is 3. The molecule has 0 aliphatic carbocycles. The number of aliphatic carboxylic acids is 1. The van der Waals surface area contributed by atoms with Gasteiger partial charge in [-0.15, -0.1) is 0 Å². The zero-order valence-corrected chi connectivity index (χ0v) is 59.7. The Bertz CT molecular complexity index is 3590. The molecule has 1 aliphatic rings. The fourth-order valence-electron chi connectivity index (χ4n) is 11.6. The fourth-order valence-corrected chi connectivity index (χ4v) is 11.6. The van der Waals surface area contributed by atoms with Crippen molar-refractivity contribution < 1.29 is 53.1 Å². The molecule has 568 valence electrons. The van der Waals surface area contributed by atoms with E-state index in [0.717, 1.165) is 22.9 Å². The van der Waals surface area contributed by atoms with Crippen molar-refractivity contribution in [1.29, 1.82) is 0 Å². The minimum Gasteiger partial charge on any atom is -0.480 e. The lowest BCUT2D eigenvalue weighted by molar-refractivity contribution is -0.142. The normalized spacial score (nSPS) is 15.6. The van der Waals surface area contributed by atoms with Crippen LogP contribution in [0.3, 0.4) is 0 Å². The fraction of sp³-hybridized carbons (Fsp3) is 0.514. The number of amides is 9. The van der Waals surface area contributed by atoms with Crippen molar-refractivity contribution in [2.24, 2.45) is 77.7 Å². The van der Waals surface area contributed by atoms with Crippen molar-refractivity contribution in [3.8, 4) is 0 Å². The highest BCUT2D eigenvalue weighted by Crippen LogP contribution is 2.21. The first kappa shape index (κ1) is 83.6. The highest BCUT2D eigenvalue weighted by Gasteiger charge is 2.38. The van der Waals surface area contributed by atoms with Crippen molar-refractivity contribution in [3.05, 3.63) is 108 Å². The third-order valence-corrected chi connectivity index (χ3v) is 17.8. The van der Waals surface area contributed by atoms with E-state index in [-0.39, 0.29) is 127 Å². The van der Waals surface area contributed by atoms with Gasteiger partial charge in [-0.2, -0.15) is 0 Å². The van der Waals surface area contributed by atoms with E-state index < -0.39 is 125 Å². The summed E-state index contributed by atoms with van der Waals surface area (Å²) in [7, 11) is 0. The second kappa shape index (κ2) is 43.7. The predicted molar refractivity (Wildman–Crippen MR) is 397 cm³/mol.